The molecule has 0 heterocycles. The second-order valence-corrected chi connectivity index (χ2v) is 8.21. The Balaban J connectivity index is 2.01. The molecule has 0 aliphatic heterocycles. The highest BCUT2D eigenvalue weighted by Crippen LogP contribution is 2.15. The lowest BCUT2D eigenvalue weighted by atomic mass is 10.2. The number of ether oxygens (including phenoxy) is 1. The number of amides is 1. The van der Waals surface area contributed by atoms with E-state index in [0.29, 0.717) is 11.3 Å². The largest absolute Gasteiger partial charge is 0.462 e. The summed E-state index contributed by atoms with van der Waals surface area (Å²) in [6.45, 7) is 3.43. The number of hydrogen-bond donors (Lipinski definition) is 2. The molecule has 0 unspecified atom stereocenters. The van der Waals surface area contributed by atoms with E-state index in [1.165, 1.54) is 31.2 Å². The summed E-state index contributed by atoms with van der Waals surface area (Å²) < 4.78 is 32.6. The summed E-state index contributed by atoms with van der Waals surface area (Å²) in [7, 11) is -3.83. The molecule has 0 radical (unpaired) electrons. The topological polar surface area (TPSA) is 102 Å². The Morgan fingerprint density at radius 3 is 2.22 bits per heavy atom. The summed E-state index contributed by atoms with van der Waals surface area (Å²) in [4.78, 5) is 23.9. The highest BCUT2D eigenvalue weighted by Gasteiger charge is 2.22. The fourth-order valence-corrected chi connectivity index (χ4v) is 3.59. The first kappa shape index (κ1) is 21.1. The monoisotopic (exact) mass is 454 g/mol. The molecule has 0 aliphatic carbocycles. The highest BCUT2D eigenvalue weighted by molar-refractivity contribution is 9.10. The van der Waals surface area contributed by atoms with Gasteiger partial charge in [0, 0.05) is 10.2 Å². The fraction of sp³-hybridized carbons (Fsp3) is 0.222. The van der Waals surface area contributed by atoms with E-state index >= 15 is 0 Å². The molecule has 7 nitrogen and oxygen atoms in total. The molecule has 1 atom stereocenters. The molecule has 0 aromatic heterocycles. The summed E-state index contributed by atoms with van der Waals surface area (Å²) in [5.41, 5.74) is 0.793. The number of rotatable bonds is 7. The van der Waals surface area contributed by atoms with Crippen LogP contribution in [0.15, 0.2) is 57.9 Å². The number of sulfonamides is 1. The van der Waals surface area contributed by atoms with Gasteiger partial charge in [-0.2, -0.15) is 4.72 Å². The first-order valence-corrected chi connectivity index (χ1v) is 10.4. The third-order valence-electron chi connectivity index (χ3n) is 3.51. The maximum atomic E-state index is 12.3. The SMILES string of the molecule is CCOC(=O)c1ccc(NC(=O)[C@H](C)NS(=O)(=O)c2ccc(Br)cc2)cc1. The standard InChI is InChI=1S/C18H19BrN2O5S/c1-3-26-18(23)13-4-8-15(9-5-13)20-17(22)12(2)21-27(24,25)16-10-6-14(19)7-11-16/h4-12,21H,3H2,1-2H3,(H,20,22)/t12-/m0/s1. The van der Waals surface area contributed by atoms with Crippen LogP contribution in [-0.2, 0) is 19.6 Å². The van der Waals surface area contributed by atoms with Gasteiger partial charge in [0.2, 0.25) is 15.9 Å². The van der Waals surface area contributed by atoms with Crippen molar-refractivity contribution in [3.63, 3.8) is 0 Å². The number of anilines is 1. The molecule has 9 heteroatoms. The molecule has 2 aromatic rings. The van der Waals surface area contributed by atoms with Gasteiger partial charge in [-0.1, -0.05) is 15.9 Å². The molecule has 27 heavy (non-hydrogen) atoms. The van der Waals surface area contributed by atoms with E-state index in [1.54, 1.807) is 31.2 Å². The van der Waals surface area contributed by atoms with Crippen LogP contribution in [0.4, 0.5) is 5.69 Å². The average Bonchev–Trinajstić information content (AvgIpc) is 2.62. The minimum atomic E-state index is -3.83. The summed E-state index contributed by atoms with van der Waals surface area (Å²) in [6.07, 6.45) is 0. The van der Waals surface area contributed by atoms with Gasteiger partial charge >= 0.3 is 5.97 Å². The van der Waals surface area contributed by atoms with Crippen LogP contribution in [0.2, 0.25) is 0 Å². The molecular formula is C18H19BrN2O5S. The number of carbonyl (C=O) groups is 2. The first-order valence-electron chi connectivity index (χ1n) is 8.09. The lowest BCUT2D eigenvalue weighted by molar-refractivity contribution is -0.117. The predicted octanol–water partition coefficient (Wildman–Crippen LogP) is 2.93. The Bertz CT molecular complexity index is 912. The third kappa shape index (κ3) is 5.88. The molecule has 0 aliphatic rings. The molecule has 0 fully saturated rings. The van der Waals surface area contributed by atoms with Crippen LogP contribution in [0.3, 0.4) is 0 Å². The van der Waals surface area contributed by atoms with Crippen molar-refractivity contribution in [1.82, 2.24) is 4.72 Å². The zero-order valence-corrected chi connectivity index (χ0v) is 17.1. The van der Waals surface area contributed by atoms with Crippen LogP contribution < -0.4 is 10.0 Å². The van der Waals surface area contributed by atoms with E-state index in [1.807, 2.05) is 0 Å². The van der Waals surface area contributed by atoms with Crippen molar-refractivity contribution >= 4 is 43.5 Å². The second kappa shape index (κ2) is 9.12. The zero-order chi connectivity index (χ0) is 20.0. The van der Waals surface area contributed by atoms with Crippen LogP contribution in [0.1, 0.15) is 24.2 Å². The van der Waals surface area contributed by atoms with Crippen LogP contribution in [-0.4, -0.2) is 32.9 Å². The minimum absolute atomic E-state index is 0.0594. The maximum Gasteiger partial charge on any atom is 0.338 e. The van der Waals surface area contributed by atoms with Gasteiger partial charge in [0.1, 0.15) is 0 Å². The van der Waals surface area contributed by atoms with E-state index in [-0.39, 0.29) is 11.5 Å². The van der Waals surface area contributed by atoms with Crippen molar-refractivity contribution in [3.05, 3.63) is 58.6 Å². The van der Waals surface area contributed by atoms with Crippen molar-refractivity contribution in [3.8, 4) is 0 Å². The Morgan fingerprint density at radius 1 is 1.07 bits per heavy atom. The number of nitrogens with one attached hydrogen (secondary N) is 2. The lowest BCUT2D eigenvalue weighted by Gasteiger charge is -2.15. The van der Waals surface area contributed by atoms with Crippen molar-refractivity contribution in [2.75, 3.05) is 11.9 Å². The van der Waals surface area contributed by atoms with Crippen LogP contribution >= 0.6 is 15.9 Å². The summed E-state index contributed by atoms with van der Waals surface area (Å²) in [6, 6.07) is 11.2. The fourth-order valence-electron chi connectivity index (χ4n) is 2.12. The molecule has 2 N–H and O–H groups in total. The van der Waals surface area contributed by atoms with Gasteiger partial charge in [0.15, 0.2) is 0 Å². The second-order valence-electron chi connectivity index (χ2n) is 5.58. The number of carbonyl (C=O) groups excluding carboxylic acids is 2. The maximum absolute atomic E-state index is 12.3. The predicted molar refractivity (Wildman–Crippen MR) is 105 cm³/mol. The van der Waals surface area contributed by atoms with Crippen molar-refractivity contribution in [1.29, 1.82) is 0 Å². The smallest absolute Gasteiger partial charge is 0.338 e. The number of esters is 1. The molecule has 0 saturated carbocycles. The van der Waals surface area contributed by atoms with E-state index < -0.39 is 27.9 Å². The molecule has 2 aromatic carbocycles. The number of benzene rings is 2. The van der Waals surface area contributed by atoms with Gasteiger partial charge in [0.25, 0.3) is 0 Å². The summed E-state index contributed by atoms with van der Waals surface area (Å²) >= 11 is 3.24. The zero-order valence-electron chi connectivity index (χ0n) is 14.7. The van der Waals surface area contributed by atoms with Crippen molar-refractivity contribution in [2.24, 2.45) is 0 Å². The highest BCUT2D eigenvalue weighted by atomic mass is 79.9. The minimum Gasteiger partial charge on any atom is -0.462 e. The van der Waals surface area contributed by atoms with Crippen molar-refractivity contribution < 1.29 is 22.7 Å². The average molecular weight is 455 g/mol. The molecule has 0 spiro atoms. The third-order valence-corrected chi connectivity index (χ3v) is 5.60. The molecular weight excluding hydrogens is 436 g/mol. The molecule has 2 rings (SSSR count). The Morgan fingerprint density at radius 2 is 1.67 bits per heavy atom. The van der Waals surface area contributed by atoms with Crippen LogP contribution in [0.25, 0.3) is 0 Å². The van der Waals surface area contributed by atoms with Gasteiger partial charge in [-0.25, -0.2) is 13.2 Å². The Labute approximate surface area is 166 Å². The van der Waals surface area contributed by atoms with Crippen LogP contribution in [0, 0.1) is 0 Å². The first-order chi connectivity index (χ1) is 12.7. The van der Waals surface area contributed by atoms with Gasteiger partial charge in [-0.05, 0) is 62.4 Å². The lowest BCUT2D eigenvalue weighted by Crippen LogP contribution is -2.41. The van der Waals surface area contributed by atoms with E-state index in [0.717, 1.165) is 4.47 Å². The molecule has 0 saturated heterocycles. The van der Waals surface area contributed by atoms with Gasteiger partial charge in [-0.3, -0.25) is 4.79 Å². The normalized spacial score (nSPS) is 12.3. The van der Waals surface area contributed by atoms with E-state index in [2.05, 4.69) is 26.0 Å². The Hall–Kier alpha value is -2.23. The number of halogens is 1. The van der Waals surface area contributed by atoms with E-state index in [4.69, 9.17) is 4.74 Å². The molecule has 144 valence electrons. The summed E-state index contributed by atoms with van der Waals surface area (Å²) in [5, 5.41) is 2.60. The van der Waals surface area contributed by atoms with Gasteiger partial charge < -0.3 is 10.1 Å². The molecule has 1 amide bonds. The summed E-state index contributed by atoms with van der Waals surface area (Å²) in [5.74, 6) is -0.981. The van der Waals surface area contributed by atoms with Gasteiger partial charge in [-0.15, -0.1) is 0 Å². The van der Waals surface area contributed by atoms with E-state index in [9.17, 15) is 18.0 Å². The number of hydrogen-bond acceptors (Lipinski definition) is 5. The van der Waals surface area contributed by atoms with Gasteiger partial charge in [0.05, 0.1) is 23.1 Å². The quantitative estimate of drug-likeness (QED) is 0.626. The molecule has 0 bridgehead atoms. The van der Waals surface area contributed by atoms with Crippen molar-refractivity contribution in [2.45, 2.75) is 24.8 Å². The Kier molecular flexibility index (Phi) is 7.11. The van der Waals surface area contributed by atoms with Crippen LogP contribution in [0.5, 0.6) is 0 Å².